The minimum Gasteiger partial charge on any atom is -0.272 e. The van der Waals surface area contributed by atoms with Gasteiger partial charge < -0.3 is 0 Å². The first-order valence-electron chi connectivity index (χ1n) is 6.93. The van der Waals surface area contributed by atoms with Gasteiger partial charge in [-0.15, -0.1) is 11.8 Å². The fourth-order valence-electron chi connectivity index (χ4n) is 1.78. The van der Waals surface area contributed by atoms with Gasteiger partial charge in [0, 0.05) is 22.6 Å². The lowest BCUT2D eigenvalue weighted by molar-refractivity contribution is -0.384. The smallest absolute Gasteiger partial charge is 0.270 e. The van der Waals surface area contributed by atoms with Gasteiger partial charge in [-0.25, -0.2) is 5.43 Å². The Morgan fingerprint density at radius 3 is 2.30 bits per heavy atom. The predicted molar refractivity (Wildman–Crippen MR) is 111 cm³/mol. The summed E-state index contributed by atoms with van der Waals surface area (Å²) in [7, 11) is 0. The number of hydrogen-bond acceptors (Lipinski definition) is 5. The van der Waals surface area contributed by atoms with E-state index in [4.69, 9.17) is 58.0 Å². The van der Waals surface area contributed by atoms with Crippen molar-refractivity contribution in [2.24, 2.45) is 5.10 Å². The number of nitro benzene ring substituents is 1. The number of non-ortho nitro benzene ring substituents is 1. The zero-order chi connectivity index (χ0) is 20.1. The molecule has 0 aromatic heterocycles. The minimum absolute atomic E-state index is 0.0312. The second kappa shape index (κ2) is 9.82. The molecule has 0 unspecified atom stereocenters. The average Bonchev–Trinajstić information content (AvgIpc) is 2.65. The number of nitro groups is 1. The van der Waals surface area contributed by atoms with Gasteiger partial charge in [0.15, 0.2) is 0 Å². The minimum atomic E-state index is -0.525. The lowest BCUT2D eigenvalue weighted by Crippen LogP contribution is -2.19. The number of benzene rings is 2. The SMILES string of the molecule is O=C(CSc1c(Cl)c(Cl)c(Cl)c(Cl)c1Cl)NN=Cc1cccc([N+](=O)[O-])c1. The summed E-state index contributed by atoms with van der Waals surface area (Å²) in [5.41, 5.74) is 2.67. The quantitative estimate of drug-likeness (QED) is 0.133. The molecular formula is C15H8Cl5N3O3S. The highest BCUT2D eigenvalue weighted by Gasteiger charge is 2.20. The molecule has 142 valence electrons. The number of carbonyl (C=O) groups is 1. The first-order chi connectivity index (χ1) is 12.7. The number of thioether (sulfide) groups is 1. The van der Waals surface area contributed by atoms with Gasteiger partial charge in [-0.1, -0.05) is 70.1 Å². The number of nitrogens with zero attached hydrogens (tertiary/aromatic N) is 2. The van der Waals surface area contributed by atoms with E-state index in [9.17, 15) is 14.9 Å². The van der Waals surface area contributed by atoms with Gasteiger partial charge in [0.05, 0.1) is 42.0 Å². The lowest BCUT2D eigenvalue weighted by atomic mass is 10.2. The third kappa shape index (κ3) is 5.63. The molecule has 2 aromatic carbocycles. The Balaban J connectivity index is 2.00. The van der Waals surface area contributed by atoms with Crippen LogP contribution in [0.3, 0.4) is 0 Å². The summed E-state index contributed by atoms with van der Waals surface area (Å²) in [4.78, 5) is 22.4. The molecule has 0 bridgehead atoms. The van der Waals surface area contributed by atoms with Crippen LogP contribution in [0.2, 0.25) is 25.1 Å². The van der Waals surface area contributed by atoms with E-state index in [1.54, 1.807) is 6.07 Å². The summed E-state index contributed by atoms with van der Waals surface area (Å²) in [6.07, 6.45) is 1.28. The van der Waals surface area contributed by atoms with Crippen molar-refractivity contribution in [3.63, 3.8) is 0 Å². The molecule has 1 amide bonds. The molecule has 0 fully saturated rings. The van der Waals surface area contributed by atoms with Gasteiger partial charge in [0.25, 0.3) is 5.69 Å². The number of nitrogens with one attached hydrogen (secondary N) is 1. The maximum absolute atomic E-state index is 11.9. The Labute approximate surface area is 182 Å². The third-order valence-corrected chi connectivity index (χ3v) is 6.61. The highest BCUT2D eigenvalue weighted by atomic mass is 35.5. The fourth-order valence-corrected chi connectivity index (χ4v) is 4.15. The predicted octanol–water partition coefficient (Wildman–Crippen LogP) is 6.10. The summed E-state index contributed by atoms with van der Waals surface area (Å²) in [5, 5.41) is 14.8. The van der Waals surface area contributed by atoms with Crippen molar-refractivity contribution in [2.75, 3.05) is 5.75 Å². The second-order valence-electron chi connectivity index (χ2n) is 4.83. The topological polar surface area (TPSA) is 84.6 Å². The molecule has 0 radical (unpaired) electrons. The van der Waals surface area contributed by atoms with E-state index in [1.807, 2.05) is 0 Å². The number of hydrogen-bond donors (Lipinski definition) is 1. The van der Waals surface area contributed by atoms with E-state index in [-0.39, 0.29) is 36.6 Å². The largest absolute Gasteiger partial charge is 0.272 e. The molecular weight excluding hydrogens is 480 g/mol. The number of amides is 1. The van der Waals surface area contributed by atoms with E-state index in [0.29, 0.717) is 10.5 Å². The van der Waals surface area contributed by atoms with Crippen molar-refractivity contribution >= 4 is 87.6 Å². The molecule has 12 heteroatoms. The molecule has 0 spiro atoms. The van der Waals surface area contributed by atoms with Gasteiger partial charge in [0.2, 0.25) is 5.91 Å². The molecule has 27 heavy (non-hydrogen) atoms. The van der Waals surface area contributed by atoms with Gasteiger partial charge in [-0.3, -0.25) is 14.9 Å². The fraction of sp³-hybridized carbons (Fsp3) is 0.0667. The molecule has 2 rings (SSSR count). The summed E-state index contributed by atoms with van der Waals surface area (Å²) in [5.74, 6) is -0.545. The van der Waals surface area contributed by atoms with Crippen LogP contribution in [0.25, 0.3) is 0 Å². The van der Waals surface area contributed by atoms with Gasteiger partial charge in [-0.05, 0) is 0 Å². The standard InChI is InChI=1S/C15H8Cl5N3O3S/c16-10-11(17)13(19)15(14(20)12(10)18)27-6-9(24)22-21-5-7-2-1-3-8(4-7)23(25)26/h1-5H,6H2,(H,22,24). The summed E-state index contributed by atoms with van der Waals surface area (Å²) < 4.78 is 0. The van der Waals surface area contributed by atoms with E-state index in [1.165, 1.54) is 24.4 Å². The van der Waals surface area contributed by atoms with Crippen LogP contribution in [0, 0.1) is 10.1 Å². The van der Waals surface area contributed by atoms with Crippen molar-refractivity contribution in [3.05, 3.63) is 65.1 Å². The average molecular weight is 488 g/mol. The van der Waals surface area contributed by atoms with E-state index < -0.39 is 10.8 Å². The highest BCUT2D eigenvalue weighted by Crippen LogP contribution is 2.47. The lowest BCUT2D eigenvalue weighted by Gasteiger charge is -2.11. The molecule has 1 N–H and O–H groups in total. The number of rotatable bonds is 6. The van der Waals surface area contributed by atoms with E-state index >= 15 is 0 Å². The van der Waals surface area contributed by atoms with Crippen molar-refractivity contribution < 1.29 is 9.72 Å². The molecule has 0 saturated heterocycles. The maximum atomic E-state index is 11.9. The molecule has 0 atom stereocenters. The van der Waals surface area contributed by atoms with Crippen LogP contribution in [0.4, 0.5) is 5.69 Å². The van der Waals surface area contributed by atoms with Crippen LogP contribution in [0.15, 0.2) is 34.3 Å². The van der Waals surface area contributed by atoms with Crippen molar-refractivity contribution in [3.8, 4) is 0 Å². The zero-order valence-corrected chi connectivity index (χ0v) is 17.6. The number of carbonyl (C=O) groups excluding carboxylic acids is 1. The Morgan fingerprint density at radius 2 is 1.70 bits per heavy atom. The summed E-state index contributed by atoms with van der Waals surface area (Å²) in [6.45, 7) is 0. The Kier molecular flexibility index (Phi) is 8.03. The van der Waals surface area contributed by atoms with Crippen LogP contribution in [-0.4, -0.2) is 22.8 Å². The highest BCUT2D eigenvalue weighted by molar-refractivity contribution is 8.00. The molecule has 0 aliphatic rings. The van der Waals surface area contributed by atoms with E-state index in [0.717, 1.165) is 11.8 Å². The number of hydrazone groups is 1. The zero-order valence-electron chi connectivity index (χ0n) is 13.0. The van der Waals surface area contributed by atoms with Crippen LogP contribution in [-0.2, 0) is 4.79 Å². The third-order valence-electron chi connectivity index (χ3n) is 3.00. The normalized spacial score (nSPS) is 11.0. The van der Waals surface area contributed by atoms with Crippen LogP contribution in [0.5, 0.6) is 0 Å². The molecule has 2 aromatic rings. The van der Waals surface area contributed by atoms with Crippen molar-refractivity contribution in [1.82, 2.24) is 5.43 Å². The van der Waals surface area contributed by atoms with Crippen LogP contribution >= 0.6 is 69.8 Å². The molecule has 0 aliphatic carbocycles. The molecule has 6 nitrogen and oxygen atoms in total. The molecule has 0 heterocycles. The Morgan fingerprint density at radius 1 is 1.11 bits per heavy atom. The first kappa shape index (κ1) is 22.1. The number of halogens is 5. The maximum Gasteiger partial charge on any atom is 0.270 e. The molecule has 0 aliphatic heterocycles. The summed E-state index contributed by atoms with van der Waals surface area (Å²) >= 11 is 31.0. The van der Waals surface area contributed by atoms with Gasteiger partial charge >= 0.3 is 0 Å². The van der Waals surface area contributed by atoms with Crippen molar-refractivity contribution in [1.29, 1.82) is 0 Å². The van der Waals surface area contributed by atoms with Crippen molar-refractivity contribution in [2.45, 2.75) is 4.90 Å². The Bertz CT molecular complexity index is 910. The monoisotopic (exact) mass is 485 g/mol. The second-order valence-corrected chi connectivity index (χ2v) is 7.71. The van der Waals surface area contributed by atoms with Crippen LogP contribution in [0.1, 0.15) is 5.56 Å². The first-order valence-corrected chi connectivity index (χ1v) is 9.80. The Hall–Kier alpha value is -1.22. The van der Waals surface area contributed by atoms with Crippen LogP contribution < -0.4 is 5.43 Å². The summed E-state index contributed by atoms with van der Waals surface area (Å²) in [6, 6.07) is 5.79. The van der Waals surface area contributed by atoms with E-state index in [2.05, 4.69) is 10.5 Å². The molecule has 0 saturated carbocycles. The van der Waals surface area contributed by atoms with Gasteiger partial charge in [-0.2, -0.15) is 5.10 Å². The van der Waals surface area contributed by atoms with Gasteiger partial charge in [0.1, 0.15) is 0 Å².